The number of benzene rings is 2. The number of allylic oxidation sites excluding steroid dienone is 4. The van der Waals surface area contributed by atoms with Gasteiger partial charge in [0, 0.05) is 27.9 Å². The van der Waals surface area contributed by atoms with Gasteiger partial charge in [-0.3, -0.25) is 0 Å². The van der Waals surface area contributed by atoms with Crippen molar-refractivity contribution in [1.29, 1.82) is 0 Å². The van der Waals surface area contributed by atoms with Crippen molar-refractivity contribution in [3.05, 3.63) is 88.9 Å². The lowest BCUT2D eigenvalue weighted by Gasteiger charge is -2.17. The van der Waals surface area contributed by atoms with Gasteiger partial charge in [-0.1, -0.05) is 12.2 Å². The smallest absolute Gasteiger partial charge is 0.352 e. The average molecular weight is 399 g/mol. The van der Waals surface area contributed by atoms with Crippen molar-refractivity contribution < 1.29 is 28.2 Å². The molecular formula is C22H16F3NO3. The van der Waals surface area contributed by atoms with Crippen molar-refractivity contribution in [3.63, 3.8) is 0 Å². The zero-order valence-electron chi connectivity index (χ0n) is 15.1. The zero-order chi connectivity index (χ0) is 20.7. The summed E-state index contributed by atoms with van der Waals surface area (Å²) < 4.78 is 43.8. The molecule has 0 bridgehead atoms. The highest BCUT2D eigenvalue weighted by Crippen LogP contribution is 2.41. The van der Waals surface area contributed by atoms with Crippen LogP contribution in [0.25, 0.3) is 10.9 Å². The largest absolute Gasteiger partial charge is 0.508 e. The number of aromatic nitrogens is 1. The van der Waals surface area contributed by atoms with E-state index in [9.17, 15) is 28.2 Å². The second kappa shape index (κ2) is 7.16. The molecule has 0 fully saturated rings. The average Bonchev–Trinajstić information content (AvgIpc) is 2.98. The molecule has 29 heavy (non-hydrogen) atoms. The summed E-state index contributed by atoms with van der Waals surface area (Å²) >= 11 is 0. The third-order valence-corrected chi connectivity index (χ3v) is 5.07. The third kappa shape index (κ3) is 3.29. The highest BCUT2D eigenvalue weighted by atomic mass is 19.1. The van der Waals surface area contributed by atoms with Gasteiger partial charge in [0.2, 0.25) is 0 Å². The van der Waals surface area contributed by atoms with E-state index in [0.29, 0.717) is 10.9 Å². The number of hydrogen-bond acceptors (Lipinski definition) is 2. The Morgan fingerprint density at radius 2 is 1.93 bits per heavy atom. The predicted octanol–water partition coefficient (Wildman–Crippen LogP) is 5.27. The first-order chi connectivity index (χ1) is 13.9. The van der Waals surface area contributed by atoms with Crippen LogP contribution in [0.15, 0.2) is 60.5 Å². The van der Waals surface area contributed by atoms with Gasteiger partial charge in [-0.15, -0.1) is 0 Å². The number of carboxylic acids is 1. The Labute approximate surface area is 163 Å². The minimum absolute atomic E-state index is 0.0384. The minimum atomic E-state index is -1.32. The van der Waals surface area contributed by atoms with Crippen molar-refractivity contribution in [2.45, 2.75) is 18.9 Å². The molecule has 4 nitrogen and oxygen atoms in total. The molecule has 1 aliphatic rings. The fourth-order valence-electron chi connectivity index (χ4n) is 3.81. The summed E-state index contributed by atoms with van der Waals surface area (Å²) in [5, 5.41) is 20.2. The summed E-state index contributed by atoms with van der Waals surface area (Å²) in [5.74, 6) is -4.13. The summed E-state index contributed by atoms with van der Waals surface area (Å²) in [6, 6.07) is 7.15. The minimum Gasteiger partial charge on any atom is -0.508 e. The Kier molecular flexibility index (Phi) is 4.66. The number of aromatic carboxylic acids is 1. The lowest BCUT2D eigenvalue weighted by atomic mass is 9.89. The normalized spacial score (nSPS) is 16.2. The van der Waals surface area contributed by atoms with Gasteiger partial charge in [-0.25, -0.2) is 18.0 Å². The van der Waals surface area contributed by atoms with Gasteiger partial charge in [-0.2, -0.15) is 0 Å². The van der Waals surface area contributed by atoms with Gasteiger partial charge in [0.05, 0.1) is 6.54 Å². The third-order valence-electron chi connectivity index (χ3n) is 5.07. The van der Waals surface area contributed by atoms with E-state index in [-0.39, 0.29) is 35.5 Å². The fourth-order valence-corrected chi connectivity index (χ4v) is 3.81. The first-order valence-electron chi connectivity index (χ1n) is 8.91. The number of fused-ring (bicyclic) bond motifs is 1. The summed E-state index contributed by atoms with van der Waals surface area (Å²) in [5.41, 5.74) is 0.307. The summed E-state index contributed by atoms with van der Waals surface area (Å²) in [4.78, 5) is 12.2. The first-order valence-corrected chi connectivity index (χ1v) is 8.91. The Hall–Kier alpha value is -3.48. The van der Waals surface area contributed by atoms with Crippen LogP contribution in [0.5, 0.6) is 5.75 Å². The van der Waals surface area contributed by atoms with Crippen molar-refractivity contribution >= 4 is 16.9 Å². The molecule has 1 heterocycles. The highest BCUT2D eigenvalue weighted by molar-refractivity contribution is 5.99. The lowest BCUT2D eigenvalue weighted by Crippen LogP contribution is -2.14. The topological polar surface area (TPSA) is 62.5 Å². The molecule has 2 aromatic carbocycles. The fraction of sp³-hybridized carbons (Fsp3) is 0.136. The number of hydrogen-bond donors (Lipinski definition) is 2. The number of phenolic OH excluding ortho intramolecular Hbond substituents is 1. The van der Waals surface area contributed by atoms with Crippen LogP contribution in [0, 0.1) is 11.6 Å². The molecule has 1 aromatic heterocycles. The van der Waals surface area contributed by atoms with Gasteiger partial charge >= 0.3 is 5.97 Å². The van der Waals surface area contributed by atoms with E-state index >= 15 is 0 Å². The molecule has 4 rings (SSSR count). The number of aromatic hydroxyl groups is 1. The maximum Gasteiger partial charge on any atom is 0.352 e. The molecule has 0 spiro atoms. The number of phenols is 1. The second-order valence-electron chi connectivity index (χ2n) is 6.86. The lowest BCUT2D eigenvalue weighted by molar-refractivity contribution is 0.0684. The van der Waals surface area contributed by atoms with Gasteiger partial charge in [0.1, 0.15) is 28.9 Å². The molecule has 2 N–H and O–H groups in total. The Morgan fingerprint density at radius 3 is 2.66 bits per heavy atom. The van der Waals surface area contributed by atoms with Gasteiger partial charge in [0.25, 0.3) is 0 Å². The monoisotopic (exact) mass is 399 g/mol. The van der Waals surface area contributed by atoms with Crippen molar-refractivity contribution in [2.24, 2.45) is 0 Å². The number of nitrogens with zero attached hydrogens (tertiary/aromatic N) is 1. The highest BCUT2D eigenvalue weighted by Gasteiger charge is 2.31. The van der Waals surface area contributed by atoms with Crippen LogP contribution in [0.1, 0.15) is 34.0 Å². The summed E-state index contributed by atoms with van der Waals surface area (Å²) in [6.07, 6.45) is 4.77. The Balaban J connectivity index is 2.00. The molecule has 148 valence electrons. The standard InChI is InChI=1S/C22H16F3NO3/c23-13-5-7-17(24)12(9-13)11-26-19-8-6-14(27)10-16(19)20(21(26)22(28)29)15-3-1-2-4-18(15)25/h1-2,4-10,15,27H,3,11H2,(H,28,29). The van der Waals surface area contributed by atoms with E-state index in [1.165, 1.54) is 28.8 Å². The summed E-state index contributed by atoms with van der Waals surface area (Å²) in [6.45, 7) is -0.263. The van der Waals surface area contributed by atoms with Crippen molar-refractivity contribution in [2.75, 3.05) is 0 Å². The molecule has 0 aliphatic heterocycles. The Bertz CT molecular complexity index is 1190. The molecule has 1 aliphatic carbocycles. The molecule has 7 heteroatoms. The van der Waals surface area contributed by atoms with E-state index in [0.717, 1.165) is 18.2 Å². The van der Waals surface area contributed by atoms with Gasteiger partial charge in [-0.05, 0) is 48.9 Å². The van der Waals surface area contributed by atoms with E-state index in [1.54, 1.807) is 12.2 Å². The molecular weight excluding hydrogens is 383 g/mol. The SMILES string of the molecule is O=C(O)c1c(C2CC=CC=C2F)c2cc(O)ccc2n1Cc1cc(F)ccc1F. The maximum atomic E-state index is 14.6. The molecule has 0 amide bonds. The molecule has 3 aromatic rings. The van der Waals surface area contributed by atoms with Crippen LogP contribution in [0.2, 0.25) is 0 Å². The van der Waals surface area contributed by atoms with Crippen molar-refractivity contribution in [3.8, 4) is 5.75 Å². The molecule has 0 saturated heterocycles. The predicted molar refractivity (Wildman–Crippen MR) is 102 cm³/mol. The van der Waals surface area contributed by atoms with Crippen LogP contribution in [-0.4, -0.2) is 20.7 Å². The van der Waals surface area contributed by atoms with Gasteiger partial charge in [0.15, 0.2) is 0 Å². The number of halogens is 3. The summed E-state index contributed by atoms with van der Waals surface area (Å²) in [7, 11) is 0. The molecule has 1 unspecified atom stereocenters. The number of carboxylic acid groups (broad SMARTS) is 1. The maximum absolute atomic E-state index is 14.6. The van der Waals surface area contributed by atoms with Crippen LogP contribution in [-0.2, 0) is 6.54 Å². The van der Waals surface area contributed by atoms with Gasteiger partial charge < -0.3 is 14.8 Å². The quantitative estimate of drug-likeness (QED) is 0.628. The van der Waals surface area contributed by atoms with Crippen LogP contribution in [0.4, 0.5) is 13.2 Å². The second-order valence-corrected chi connectivity index (χ2v) is 6.86. The van der Waals surface area contributed by atoms with E-state index in [4.69, 9.17) is 0 Å². The molecule has 0 saturated carbocycles. The van der Waals surface area contributed by atoms with E-state index in [2.05, 4.69) is 0 Å². The van der Waals surface area contributed by atoms with E-state index in [1.807, 2.05) is 0 Å². The van der Waals surface area contributed by atoms with Crippen LogP contribution in [0.3, 0.4) is 0 Å². The molecule has 1 atom stereocenters. The number of rotatable bonds is 4. The first kappa shape index (κ1) is 18.9. The van der Waals surface area contributed by atoms with Crippen molar-refractivity contribution in [1.82, 2.24) is 4.57 Å². The Morgan fingerprint density at radius 1 is 1.14 bits per heavy atom. The van der Waals surface area contributed by atoms with E-state index < -0.39 is 29.3 Å². The zero-order valence-corrected chi connectivity index (χ0v) is 15.1. The van der Waals surface area contributed by atoms with Crippen LogP contribution < -0.4 is 0 Å². The molecule has 0 radical (unpaired) electrons. The number of carbonyl (C=O) groups is 1. The van der Waals surface area contributed by atoms with Crippen LogP contribution >= 0.6 is 0 Å².